The number of hydrogen-bond acceptors (Lipinski definition) is 4. The third-order valence-electron chi connectivity index (χ3n) is 2.72. The Morgan fingerprint density at radius 2 is 1.88 bits per heavy atom. The Labute approximate surface area is 104 Å². The van der Waals surface area contributed by atoms with Crippen LogP contribution >= 0.6 is 0 Å². The lowest BCUT2D eigenvalue weighted by atomic mass is 9.99. The van der Waals surface area contributed by atoms with Gasteiger partial charge in [-0.05, 0) is 25.3 Å². The highest BCUT2D eigenvalue weighted by atomic mass is 16.5. The molecule has 1 rings (SSSR count). The normalized spacial score (nSPS) is 12.8. The molecule has 96 valence electrons. The number of methoxy groups -OCH3 is 1. The van der Waals surface area contributed by atoms with Gasteiger partial charge in [-0.15, -0.1) is 0 Å². The van der Waals surface area contributed by atoms with Crippen LogP contribution in [-0.2, 0) is 0 Å². The molecule has 1 aromatic rings. The zero-order valence-corrected chi connectivity index (χ0v) is 11.2. The summed E-state index contributed by atoms with van der Waals surface area (Å²) in [4.78, 5) is 8.31. The summed E-state index contributed by atoms with van der Waals surface area (Å²) in [7, 11) is 1.58. The van der Waals surface area contributed by atoms with Crippen LogP contribution in [-0.4, -0.2) is 23.6 Å². The van der Waals surface area contributed by atoms with E-state index in [1.807, 2.05) is 12.4 Å². The monoisotopic (exact) mass is 237 g/mol. The van der Waals surface area contributed by atoms with Crippen molar-refractivity contribution in [2.24, 2.45) is 5.92 Å². The van der Waals surface area contributed by atoms with Gasteiger partial charge >= 0.3 is 6.01 Å². The molecule has 4 nitrogen and oxygen atoms in total. The van der Waals surface area contributed by atoms with E-state index in [0.29, 0.717) is 12.1 Å². The summed E-state index contributed by atoms with van der Waals surface area (Å²) < 4.78 is 4.96. The SMILES string of the molecule is CCNC(CCC(C)C)c1cnc(OC)nc1. The van der Waals surface area contributed by atoms with Gasteiger partial charge in [0.1, 0.15) is 0 Å². The number of aromatic nitrogens is 2. The molecule has 1 N–H and O–H groups in total. The lowest BCUT2D eigenvalue weighted by Gasteiger charge is -2.18. The summed E-state index contributed by atoms with van der Waals surface area (Å²) in [6.07, 6.45) is 6.00. The van der Waals surface area contributed by atoms with Crippen molar-refractivity contribution in [2.45, 2.75) is 39.7 Å². The molecule has 1 unspecified atom stereocenters. The first-order chi connectivity index (χ1) is 8.17. The zero-order chi connectivity index (χ0) is 12.7. The molecular weight excluding hydrogens is 214 g/mol. The molecule has 1 atom stereocenters. The molecule has 0 aliphatic rings. The number of hydrogen-bond donors (Lipinski definition) is 1. The summed E-state index contributed by atoms with van der Waals surface area (Å²) >= 11 is 0. The van der Waals surface area contributed by atoms with Gasteiger partial charge in [-0.25, -0.2) is 9.97 Å². The van der Waals surface area contributed by atoms with Gasteiger partial charge in [0.15, 0.2) is 0 Å². The topological polar surface area (TPSA) is 47.0 Å². The number of nitrogens with one attached hydrogen (secondary N) is 1. The molecule has 0 aliphatic heterocycles. The summed E-state index contributed by atoms with van der Waals surface area (Å²) in [5.41, 5.74) is 1.13. The van der Waals surface area contributed by atoms with Gasteiger partial charge in [0.2, 0.25) is 0 Å². The molecule has 1 aromatic heterocycles. The van der Waals surface area contributed by atoms with Gasteiger partial charge in [-0.3, -0.25) is 0 Å². The molecule has 0 spiro atoms. The Hall–Kier alpha value is -1.16. The standard InChI is InChI=1S/C13H23N3O/c1-5-14-12(7-6-10(2)3)11-8-15-13(17-4)16-9-11/h8-10,12,14H,5-7H2,1-4H3. The average Bonchev–Trinajstić information content (AvgIpc) is 2.34. The number of nitrogens with zero attached hydrogens (tertiary/aromatic N) is 2. The third-order valence-corrected chi connectivity index (χ3v) is 2.72. The van der Waals surface area contributed by atoms with Gasteiger partial charge in [0.05, 0.1) is 7.11 Å². The van der Waals surface area contributed by atoms with Crippen LogP contribution in [0.5, 0.6) is 6.01 Å². The van der Waals surface area contributed by atoms with E-state index < -0.39 is 0 Å². The minimum absolute atomic E-state index is 0.341. The van der Waals surface area contributed by atoms with Gasteiger partial charge < -0.3 is 10.1 Å². The minimum Gasteiger partial charge on any atom is -0.467 e. The molecular formula is C13H23N3O. The van der Waals surface area contributed by atoms with Crippen molar-refractivity contribution in [1.29, 1.82) is 0 Å². The number of rotatable bonds is 7. The Morgan fingerprint density at radius 1 is 1.24 bits per heavy atom. The highest BCUT2D eigenvalue weighted by Crippen LogP contribution is 2.20. The number of ether oxygens (including phenoxy) is 1. The second kappa shape index (κ2) is 7.22. The fourth-order valence-corrected chi connectivity index (χ4v) is 1.74. The van der Waals surface area contributed by atoms with Gasteiger partial charge in [0, 0.05) is 24.0 Å². The fourth-order valence-electron chi connectivity index (χ4n) is 1.74. The highest BCUT2D eigenvalue weighted by Gasteiger charge is 2.12. The molecule has 0 radical (unpaired) electrons. The summed E-state index contributed by atoms with van der Waals surface area (Å²) in [5.74, 6) is 0.718. The Kier molecular flexibility index (Phi) is 5.91. The van der Waals surface area contributed by atoms with Crippen molar-refractivity contribution < 1.29 is 4.74 Å². The summed E-state index contributed by atoms with van der Waals surface area (Å²) in [5, 5.41) is 3.47. The Bertz CT molecular complexity index is 311. The summed E-state index contributed by atoms with van der Waals surface area (Å²) in [6, 6.07) is 0.765. The van der Waals surface area contributed by atoms with Crippen molar-refractivity contribution in [1.82, 2.24) is 15.3 Å². The van der Waals surface area contributed by atoms with Crippen LogP contribution < -0.4 is 10.1 Å². The van der Waals surface area contributed by atoms with Crippen LogP contribution in [0.4, 0.5) is 0 Å². The van der Waals surface area contributed by atoms with E-state index in [2.05, 4.69) is 36.1 Å². The van der Waals surface area contributed by atoms with Crippen LogP contribution in [0.1, 0.15) is 45.2 Å². The average molecular weight is 237 g/mol. The predicted octanol–water partition coefficient (Wildman–Crippen LogP) is 2.57. The van der Waals surface area contributed by atoms with E-state index in [9.17, 15) is 0 Å². The van der Waals surface area contributed by atoms with E-state index in [1.54, 1.807) is 7.11 Å². The third kappa shape index (κ3) is 4.69. The minimum atomic E-state index is 0.341. The smallest absolute Gasteiger partial charge is 0.316 e. The molecule has 4 heteroatoms. The second-order valence-corrected chi connectivity index (χ2v) is 4.58. The molecule has 0 saturated heterocycles. The zero-order valence-electron chi connectivity index (χ0n) is 11.2. The predicted molar refractivity (Wildman–Crippen MR) is 69.1 cm³/mol. The highest BCUT2D eigenvalue weighted by molar-refractivity contribution is 5.12. The maximum absolute atomic E-state index is 4.96. The first-order valence-corrected chi connectivity index (χ1v) is 6.26. The maximum Gasteiger partial charge on any atom is 0.316 e. The Balaban J connectivity index is 2.67. The van der Waals surface area contributed by atoms with Crippen LogP contribution in [0.25, 0.3) is 0 Å². The molecule has 0 amide bonds. The van der Waals surface area contributed by atoms with E-state index in [-0.39, 0.29) is 0 Å². The lowest BCUT2D eigenvalue weighted by Crippen LogP contribution is -2.21. The van der Waals surface area contributed by atoms with Gasteiger partial charge in [-0.2, -0.15) is 0 Å². The second-order valence-electron chi connectivity index (χ2n) is 4.58. The van der Waals surface area contributed by atoms with Crippen molar-refractivity contribution in [3.8, 4) is 6.01 Å². The summed E-state index contributed by atoms with van der Waals surface area (Å²) in [6.45, 7) is 7.56. The van der Waals surface area contributed by atoms with E-state index in [0.717, 1.165) is 24.4 Å². The van der Waals surface area contributed by atoms with E-state index >= 15 is 0 Å². The Morgan fingerprint density at radius 3 is 2.35 bits per heavy atom. The van der Waals surface area contributed by atoms with Crippen LogP contribution in [0.15, 0.2) is 12.4 Å². The van der Waals surface area contributed by atoms with Crippen molar-refractivity contribution in [3.63, 3.8) is 0 Å². The van der Waals surface area contributed by atoms with E-state index in [1.165, 1.54) is 6.42 Å². The van der Waals surface area contributed by atoms with Crippen LogP contribution in [0.3, 0.4) is 0 Å². The quantitative estimate of drug-likeness (QED) is 0.791. The lowest BCUT2D eigenvalue weighted by molar-refractivity contribution is 0.377. The first-order valence-electron chi connectivity index (χ1n) is 6.26. The van der Waals surface area contributed by atoms with E-state index in [4.69, 9.17) is 4.74 Å². The van der Waals surface area contributed by atoms with Crippen molar-refractivity contribution >= 4 is 0 Å². The maximum atomic E-state index is 4.96. The molecule has 0 bridgehead atoms. The first kappa shape index (κ1) is 13.9. The van der Waals surface area contributed by atoms with Crippen LogP contribution in [0.2, 0.25) is 0 Å². The molecule has 0 fully saturated rings. The van der Waals surface area contributed by atoms with Crippen molar-refractivity contribution in [3.05, 3.63) is 18.0 Å². The molecule has 0 aliphatic carbocycles. The van der Waals surface area contributed by atoms with Crippen molar-refractivity contribution in [2.75, 3.05) is 13.7 Å². The molecule has 0 saturated carbocycles. The molecule has 0 aromatic carbocycles. The van der Waals surface area contributed by atoms with Crippen LogP contribution in [0, 0.1) is 5.92 Å². The largest absolute Gasteiger partial charge is 0.467 e. The van der Waals surface area contributed by atoms with Gasteiger partial charge in [0.25, 0.3) is 0 Å². The molecule has 1 heterocycles. The molecule has 17 heavy (non-hydrogen) atoms. The fraction of sp³-hybridized carbons (Fsp3) is 0.692. The van der Waals surface area contributed by atoms with Gasteiger partial charge in [-0.1, -0.05) is 20.8 Å².